The summed E-state index contributed by atoms with van der Waals surface area (Å²) >= 11 is 0. The summed E-state index contributed by atoms with van der Waals surface area (Å²) in [5, 5.41) is 6.82. The summed E-state index contributed by atoms with van der Waals surface area (Å²) in [6.07, 6.45) is 1.58. The van der Waals surface area contributed by atoms with E-state index < -0.39 is 34.9 Å². The second kappa shape index (κ2) is 14.9. The molecule has 2 aliphatic heterocycles. The van der Waals surface area contributed by atoms with Crippen molar-refractivity contribution >= 4 is 23.6 Å². The fraction of sp³-hybridized carbons (Fsp3) is 0.538. The number of hydrogen-bond donors (Lipinski definition) is 1. The van der Waals surface area contributed by atoms with Crippen molar-refractivity contribution in [1.82, 2.24) is 24.9 Å². The average Bonchev–Trinajstić information content (AvgIpc) is 3.81. The highest BCUT2D eigenvalue weighted by molar-refractivity contribution is 5.85. The molecule has 3 aromatic rings. The van der Waals surface area contributed by atoms with Crippen molar-refractivity contribution in [3.05, 3.63) is 66.0 Å². The lowest BCUT2D eigenvalue weighted by atomic mass is 9.95. The first-order chi connectivity index (χ1) is 25.0. The highest BCUT2D eigenvalue weighted by Crippen LogP contribution is 2.38. The number of aromatic nitrogens is 2. The van der Waals surface area contributed by atoms with E-state index in [4.69, 9.17) is 9.47 Å². The van der Waals surface area contributed by atoms with Gasteiger partial charge >= 0.3 is 12.3 Å². The molecule has 1 atom stereocenters. The molecular formula is C39H49F3N6O5. The maximum Gasteiger partial charge on any atom is 0.416 e. The molecule has 286 valence electrons. The topological polar surface area (TPSA) is 111 Å². The maximum atomic E-state index is 14.3. The van der Waals surface area contributed by atoms with Gasteiger partial charge in [-0.2, -0.15) is 18.3 Å². The van der Waals surface area contributed by atoms with E-state index in [-0.39, 0.29) is 62.0 Å². The number of aromatic amines is 1. The predicted octanol–water partition coefficient (Wildman–Crippen LogP) is 6.74. The summed E-state index contributed by atoms with van der Waals surface area (Å²) in [7, 11) is 0. The molecule has 3 aliphatic rings. The van der Waals surface area contributed by atoms with Gasteiger partial charge in [0.25, 0.3) is 5.91 Å². The Morgan fingerprint density at radius 3 is 2.17 bits per heavy atom. The van der Waals surface area contributed by atoms with Gasteiger partial charge in [-0.3, -0.25) is 14.7 Å². The van der Waals surface area contributed by atoms with Gasteiger partial charge in [-0.15, -0.1) is 0 Å². The second-order valence-electron chi connectivity index (χ2n) is 15.8. The highest BCUT2D eigenvalue weighted by atomic mass is 19.4. The molecule has 2 aromatic carbocycles. The number of hydrogen-bond acceptors (Lipinski definition) is 7. The Morgan fingerprint density at radius 2 is 1.57 bits per heavy atom. The van der Waals surface area contributed by atoms with Gasteiger partial charge < -0.3 is 29.1 Å². The van der Waals surface area contributed by atoms with Crippen molar-refractivity contribution < 1.29 is 37.0 Å². The number of rotatable bonds is 9. The van der Waals surface area contributed by atoms with Crippen molar-refractivity contribution in [2.45, 2.75) is 90.3 Å². The molecule has 1 aliphatic carbocycles. The number of piperidine rings is 1. The molecule has 11 nitrogen and oxygen atoms in total. The summed E-state index contributed by atoms with van der Waals surface area (Å²) in [5.74, 6) is -0.864. The molecule has 2 saturated heterocycles. The molecule has 14 heteroatoms. The quantitative estimate of drug-likeness (QED) is 0.259. The van der Waals surface area contributed by atoms with Crippen LogP contribution >= 0.6 is 0 Å². The molecule has 1 N–H and O–H groups in total. The van der Waals surface area contributed by atoms with E-state index >= 15 is 0 Å². The summed E-state index contributed by atoms with van der Waals surface area (Å²) in [5.41, 5.74) is 0.234. The number of nitrogens with zero attached hydrogens (tertiary/aromatic N) is 5. The molecule has 0 spiro atoms. The lowest BCUT2D eigenvalue weighted by molar-refractivity contribution is -0.147. The minimum Gasteiger partial charge on any atom is -0.478 e. The number of halogens is 3. The Bertz CT molecular complexity index is 1760. The van der Waals surface area contributed by atoms with Crippen LogP contribution in [0, 0.1) is 5.92 Å². The van der Waals surface area contributed by atoms with Crippen LogP contribution in [0.15, 0.2) is 54.9 Å². The maximum absolute atomic E-state index is 14.3. The first-order valence-electron chi connectivity index (χ1n) is 18.3. The first kappa shape index (κ1) is 38.0. The fourth-order valence-electron chi connectivity index (χ4n) is 6.96. The molecule has 0 unspecified atom stereocenters. The molecule has 3 fully saturated rings. The first-order valence-corrected chi connectivity index (χ1v) is 18.3. The number of anilines is 1. The number of alkyl halides is 3. The van der Waals surface area contributed by atoms with E-state index in [1.165, 1.54) is 24.8 Å². The molecule has 3 amide bonds. The van der Waals surface area contributed by atoms with Gasteiger partial charge in [-0.1, -0.05) is 24.3 Å². The smallest absolute Gasteiger partial charge is 0.416 e. The summed E-state index contributed by atoms with van der Waals surface area (Å²) in [4.78, 5) is 47.0. The number of carbonyl (C=O) groups excluding carboxylic acids is 3. The van der Waals surface area contributed by atoms with Crippen LogP contribution in [0.2, 0.25) is 0 Å². The monoisotopic (exact) mass is 738 g/mol. The third-order valence-corrected chi connectivity index (χ3v) is 9.87. The number of carbonyl (C=O) groups is 3. The van der Waals surface area contributed by atoms with Crippen LogP contribution in [0.4, 0.5) is 23.7 Å². The molecule has 53 heavy (non-hydrogen) atoms. The predicted molar refractivity (Wildman–Crippen MR) is 193 cm³/mol. The van der Waals surface area contributed by atoms with Crippen molar-refractivity contribution in [3.8, 4) is 16.9 Å². The van der Waals surface area contributed by atoms with E-state index in [1.54, 1.807) is 31.9 Å². The Hall–Kier alpha value is -4.75. The van der Waals surface area contributed by atoms with E-state index in [9.17, 15) is 27.6 Å². The molecule has 1 aromatic heterocycles. The minimum absolute atomic E-state index is 0.0121. The number of benzene rings is 2. The van der Waals surface area contributed by atoms with Gasteiger partial charge in [-0.05, 0) is 83.6 Å². The summed E-state index contributed by atoms with van der Waals surface area (Å²) in [6.45, 7) is 10.6. The van der Waals surface area contributed by atoms with Crippen LogP contribution in [0.1, 0.15) is 71.4 Å². The minimum atomic E-state index is -4.67. The molecule has 0 bridgehead atoms. The second-order valence-corrected chi connectivity index (χ2v) is 15.8. The zero-order chi connectivity index (χ0) is 38.1. The van der Waals surface area contributed by atoms with Crippen LogP contribution in [0.5, 0.6) is 5.75 Å². The van der Waals surface area contributed by atoms with Gasteiger partial charge in [-0.25, -0.2) is 4.79 Å². The Balaban J connectivity index is 1.13. The number of ether oxygens (including phenoxy) is 2. The number of H-pyrrole nitrogens is 1. The Morgan fingerprint density at radius 1 is 0.887 bits per heavy atom. The highest BCUT2D eigenvalue weighted by Gasteiger charge is 2.40. The number of piperazine rings is 1. The van der Waals surface area contributed by atoms with Gasteiger partial charge in [0.05, 0.1) is 17.7 Å². The van der Waals surface area contributed by atoms with Crippen molar-refractivity contribution in [2.24, 2.45) is 5.92 Å². The van der Waals surface area contributed by atoms with E-state index in [0.29, 0.717) is 25.9 Å². The third-order valence-electron chi connectivity index (χ3n) is 9.87. The van der Waals surface area contributed by atoms with Crippen LogP contribution in [0.25, 0.3) is 11.1 Å². The molecule has 6 rings (SSSR count). The Labute approximate surface area is 308 Å². The van der Waals surface area contributed by atoms with E-state index in [2.05, 4.69) is 10.2 Å². The Kier molecular flexibility index (Phi) is 10.7. The lowest BCUT2D eigenvalue weighted by Gasteiger charge is -2.39. The largest absolute Gasteiger partial charge is 0.478 e. The summed E-state index contributed by atoms with van der Waals surface area (Å²) < 4.78 is 54.3. The van der Waals surface area contributed by atoms with Crippen LogP contribution in [-0.4, -0.2) is 99.3 Å². The SMILES string of the molecule is CC(C)(C)OC(=O)N1CCN(C(=O)C(C)(C)Oc2cc(N3CCC[C@@H](C(=O)N(Cc4ccc(-c5cn[nH]c5)cc4)C4CC4)C3)cc(C(F)(F)F)c2)CC1. The van der Waals surface area contributed by atoms with Crippen LogP contribution < -0.4 is 9.64 Å². The van der Waals surface area contributed by atoms with Gasteiger partial charge in [0.1, 0.15) is 11.4 Å². The standard InChI is InChI=1S/C39H49F3N6O5/c1-37(2,3)53-36(51)46-17-15-45(16-18-46)35(50)38(4,5)52-33-20-30(39(40,41)42)19-32(21-33)47-14-6-7-28(25-47)34(49)48(31-12-13-31)24-26-8-10-27(11-9-26)29-22-43-44-23-29/h8-11,19-23,28,31H,6-7,12-18,24-25H2,1-5H3,(H,43,44)/t28-/m1/s1. The average molecular weight is 739 g/mol. The number of amides is 3. The fourth-order valence-corrected chi connectivity index (χ4v) is 6.96. The van der Waals surface area contributed by atoms with Crippen LogP contribution in [0.3, 0.4) is 0 Å². The third kappa shape index (κ3) is 9.44. The van der Waals surface area contributed by atoms with Crippen LogP contribution in [-0.2, 0) is 27.0 Å². The molecular weight excluding hydrogens is 689 g/mol. The molecule has 1 saturated carbocycles. The molecule has 0 radical (unpaired) electrons. The van der Waals surface area contributed by atoms with Crippen molar-refractivity contribution in [2.75, 3.05) is 44.2 Å². The lowest BCUT2D eigenvalue weighted by Crippen LogP contribution is -2.57. The van der Waals surface area contributed by atoms with Crippen molar-refractivity contribution in [1.29, 1.82) is 0 Å². The van der Waals surface area contributed by atoms with E-state index in [1.807, 2.05) is 40.3 Å². The number of nitrogens with one attached hydrogen (secondary N) is 1. The van der Waals surface area contributed by atoms with Gasteiger partial charge in [0.15, 0.2) is 5.60 Å². The van der Waals surface area contributed by atoms with Crippen molar-refractivity contribution in [3.63, 3.8) is 0 Å². The normalized spacial score (nSPS) is 18.5. The molecule has 3 heterocycles. The zero-order valence-electron chi connectivity index (χ0n) is 31.0. The van der Waals surface area contributed by atoms with Gasteiger partial charge in [0.2, 0.25) is 5.91 Å². The van der Waals surface area contributed by atoms with Gasteiger partial charge in [0, 0.05) is 75.4 Å². The van der Waals surface area contributed by atoms with E-state index in [0.717, 1.165) is 41.7 Å². The summed E-state index contributed by atoms with van der Waals surface area (Å²) in [6, 6.07) is 11.7. The zero-order valence-corrected chi connectivity index (χ0v) is 31.0.